The number of carbonyl (C=O) groups excluding carboxylic acids is 1. The summed E-state index contributed by atoms with van der Waals surface area (Å²) in [4.78, 5) is 11.5. The van der Waals surface area contributed by atoms with Gasteiger partial charge in [-0.05, 0) is 5.25 Å². The third kappa shape index (κ3) is 6.14. The molecule has 0 unspecified atom stereocenters. The first-order valence-corrected chi connectivity index (χ1v) is 5.83. The fourth-order valence-electron chi connectivity index (χ4n) is 1.30. The van der Waals surface area contributed by atoms with Crippen molar-refractivity contribution < 1.29 is 4.79 Å². The second-order valence-corrected chi connectivity index (χ2v) is 7.01. The number of thioether (sulfide) groups is 1. The zero-order chi connectivity index (χ0) is 10.6. The standard InChI is InChI=1S/C11H22OS/c1-8(2)10(12)7-11(5,6)13-9(3)4/h8-9H,7H2,1-6H3. The summed E-state index contributed by atoms with van der Waals surface area (Å²) < 4.78 is 0.0928. The van der Waals surface area contributed by atoms with Crippen molar-refractivity contribution in [1.82, 2.24) is 0 Å². The lowest BCUT2D eigenvalue weighted by Crippen LogP contribution is -2.24. The number of hydrogen-bond donors (Lipinski definition) is 0. The Hall–Kier alpha value is 0.0200. The van der Waals surface area contributed by atoms with Gasteiger partial charge in [-0.1, -0.05) is 41.5 Å². The van der Waals surface area contributed by atoms with Crippen LogP contribution < -0.4 is 0 Å². The van der Waals surface area contributed by atoms with Crippen LogP contribution in [0.4, 0.5) is 0 Å². The molecule has 0 aliphatic rings. The van der Waals surface area contributed by atoms with E-state index in [1.54, 1.807) is 0 Å². The molecule has 0 heterocycles. The number of carbonyl (C=O) groups is 1. The molecule has 0 saturated heterocycles. The van der Waals surface area contributed by atoms with Crippen LogP contribution in [0.5, 0.6) is 0 Å². The van der Waals surface area contributed by atoms with Gasteiger partial charge in [0.05, 0.1) is 0 Å². The Bertz CT molecular complexity index is 171. The molecule has 0 aromatic carbocycles. The summed E-state index contributed by atoms with van der Waals surface area (Å²) in [5.74, 6) is 0.546. The highest BCUT2D eigenvalue weighted by molar-refractivity contribution is 8.01. The minimum atomic E-state index is 0.0928. The van der Waals surface area contributed by atoms with E-state index in [0.29, 0.717) is 17.5 Å². The van der Waals surface area contributed by atoms with E-state index in [1.807, 2.05) is 25.6 Å². The highest BCUT2D eigenvalue weighted by Crippen LogP contribution is 2.32. The minimum absolute atomic E-state index is 0.0928. The van der Waals surface area contributed by atoms with Crippen molar-refractivity contribution in [3.63, 3.8) is 0 Å². The first-order chi connectivity index (χ1) is 5.74. The Morgan fingerprint density at radius 2 is 1.69 bits per heavy atom. The van der Waals surface area contributed by atoms with Gasteiger partial charge in [-0.25, -0.2) is 0 Å². The van der Waals surface area contributed by atoms with Crippen molar-refractivity contribution >= 4 is 17.5 Å². The predicted octanol–water partition coefficient (Wildman–Crippen LogP) is 3.52. The molecule has 0 N–H and O–H groups in total. The lowest BCUT2D eigenvalue weighted by molar-refractivity contribution is -0.122. The number of Topliss-reactive ketones (excluding diaryl/α,β-unsaturated/α-hetero) is 1. The lowest BCUT2D eigenvalue weighted by atomic mass is 9.99. The third-order valence-electron chi connectivity index (χ3n) is 1.80. The highest BCUT2D eigenvalue weighted by Gasteiger charge is 2.24. The first kappa shape index (κ1) is 13.0. The molecule has 2 heteroatoms. The van der Waals surface area contributed by atoms with E-state index in [2.05, 4.69) is 27.7 Å². The molecule has 0 aliphatic heterocycles. The summed E-state index contributed by atoms with van der Waals surface area (Å²) in [5, 5.41) is 0.593. The summed E-state index contributed by atoms with van der Waals surface area (Å²) in [6, 6.07) is 0. The molecule has 13 heavy (non-hydrogen) atoms. The predicted molar refractivity (Wildman–Crippen MR) is 61.3 cm³/mol. The first-order valence-electron chi connectivity index (χ1n) is 4.95. The molecule has 0 fully saturated rings. The number of rotatable bonds is 5. The van der Waals surface area contributed by atoms with E-state index in [9.17, 15) is 4.79 Å². The third-order valence-corrected chi connectivity index (χ3v) is 3.05. The zero-order valence-electron chi connectivity index (χ0n) is 9.68. The van der Waals surface area contributed by atoms with Crippen molar-refractivity contribution in [3.8, 4) is 0 Å². The maximum atomic E-state index is 11.5. The van der Waals surface area contributed by atoms with Crippen LogP contribution in [0.25, 0.3) is 0 Å². The van der Waals surface area contributed by atoms with E-state index in [-0.39, 0.29) is 10.7 Å². The smallest absolute Gasteiger partial charge is 0.136 e. The van der Waals surface area contributed by atoms with E-state index < -0.39 is 0 Å². The van der Waals surface area contributed by atoms with Gasteiger partial charge in [0, 0.05) is 17.1 Å². The van der Waals surface area contributed by atoms with Crippen LogP contribution in [0.3, 0.4) is 0 Å². The highest BCUT2D eigenvalue weighted by atomic mass is 32.2. The van der Waals surface area contributed by atoms with E-state index in [4.69, 9.17) is 0 Å². The van der Waals surface area contributed by atoms with Gasteiger partial charge in [0.15, 0.2) is 0 Å². The molecular formula is C11H22OS. The van der Waals surface area contributed by atoms with E-state index in [1.165, 1.54) is 0 Å². The van der Waals surface area contributed by atoms with Gasteiger partial charge in [-0.15, -0.1) is 0 Å². The van der Waals surface area contributed by atoms with Gasteiger partial charge in [0.2, 0.25) is 0 Å². The Morgan fingerprint density at radius 1 is 1.23 bits per heavy atom. The molecule has 0 spiro atoms. The molecule has 78 valence electrons. The average Bonchev–Trinajstić information content (AvgIpc) is 1.81. The maximum absolute atomic E-state index is 11.5. The van der Waals surface area contributed by atoms with Gasteiger partial charge < -0.3 is 0 Å². The summed E-state index contributed by atoms with van der Waals surface area (Å²) in [6.45, 7) is 12.6. The topological polar surface area (TPSA) is 17.1 Å². The van der Waals surface area contributed by atoms with Crippen molar-refractivity contribution in [1.29, 1.82) is 0 Å². The Labute approximate surface area is 86.7 Å². The lowest BCUT2D eigenvalue weighted by Gasteiger charge is -2.26. The average molecular weight is 202 g/mol. The van der Waals surface area contributed by atoms with E-state index in [0.717, 1.165) is 0 Å². The second-order valence-electron chi connectivity index (χ2n) is 4.72. The van der Waals surface area contributed by atoms with Crippen molar-refractivity contribution in [3.05, 3.63) is 0 Å². The second kappa shape index (κ2) is 5.04. The van der Waals surface area contributed by atoms with Crippen molar-refractivity contribution in [2.75, 3.05) is 0 Å². The van der Waals surface area contributed by atoms with Crippen LogP contribution in [0.2, 0.25) is 0 Å². The fraction of sp³-hybridized carbons (Fsp3) is 0.909. The monoisotopic (exact) mass is 202 g/mol. The zero-order valence-corrected chi connectivity index (χ0v) is 10.5. The molecule has 0 saturated carbocycles. The largest absolute Gasteiger partial charge is 0.299 e. The summed E-state index contributed by atoms with van der Waals surface area (Å²) >= 11 is 1.88. The minimum Gasteiger partial charge on any atom is -0.299 e. The summed E-state index contributed by atoms with van der Waals surface area (Å²) in [6.07, 6.45) is 0.688. The molecule has 0 aromatic rings. The summed E-state index contributed by atoms with van der Waals surface area (Å²) in [5.41, 5.74) is 0. The van der Waals surface area contributed by atoms with Gasteiger partial charge in [0.25, 0.3) is 0 Å². The molecule has 0 aliphatic carbocycles. The van der Waals surface area contributed by atoms with Crippen LogP contribution in [0.15, 0.2) is 0 Å². The van der Waals surface area contributed by atoms with Crippen LogP contribution in [-0.4, -0.2) is 15.8 Å². The van der Waals surface area contributed by atoms with Crippen LogP contribution in [0.1, 0.15) is 48.0 Å². The molecule has 0 amide bonds. The molecular weight excluding hydrogens is 180 g/mol. The fourth-order valence-corrected chi connectivity index (χ4v) is 2.81. The van der Waals surface area contributed by atoms with Crippen LogP contribution in [0, 0.1) is 5.92 Å². The molecule has 0 radical (unpaired) electrons. The van der Waals surface area contributed by atoms with E-state index >= 15 is 0 Å². The number of ketones is 1. The van der Waals surface area contributed by atoms with Crippen molar-refractivity contribution in [2.24, 2.45) is 5.92 Å². The van der Waals surface area contributed by atoms with Gasteiger partial charge >= 0.3 is 0 Å². The van der Waals surface area contributed by atoms with Crippen LogP contribution >= 0.6 is 11.8 Å². The normalized spacial score (nSPS) is 12.6. The van der Waals surface area contributed by atoms with Crippen LogP contribution in [-0.2, 0) is 4.79 Å². The molecule has 0 rings (SSSR count). The molecule has 1 nitrogen and oxygen atoms in total. The summed E-state index contributed by atoms with van der Waals surface area (Å²) in [7, 11) is 0. The van der Waals surface area contributed by atoms with Crippen molar-refractivity contribution in [2.45, 2.75) is 58.0 Å². The quantitative estimate of drug-likeness (QED) is 0.678. The Kier molecular flexibility index (Phi) is 5.05. The van der Waals surface area contributed by atoms with Gasteiger partial charge in [-0.2, -0.15) is 11.8 Å². The SMILES string of the molecule is CC(C)SC(C)(C)CC(=O)C(C)C. The number of hydrogen-bond acceptors (Lipinski definition) is 2. The Balaban J connectivity index is 4.09. The maximum Gasteiger partial charge on any atom is 0.136 e. The molecule has 0 bridgehead atoms. The Morgan fingerprint density at radius 3 is 2.00 bits per heavy atom. The molecule has 0 atom stereocenters. The molecule has 0 aromatic heterocycles. The van der Waals surface area contributed by atoms with Gasteiger partial charge in [0.1, 0.15) is 5.78 Å². The van der Waals surface area contributed by atoms with Gasteiger partial charge in [-0.3, -0.25) is 4.79 Å².